The second-order valence-electron chi connectivity index (χ2n) is 9.78. The first-order valence-electron chi connectivity index (χ1n) is 11.8. The van der Waals surface area contributed by atoms with Gasteiger partial charge in [0, 0.05) is 31.6 Å². The molecule has 168 valence electrons. The highest BCUT2D eigenvalue weighted by molar-refractivity contribution is 5.87. The summed E-state index contributed by atoms with van der Waals surface area (Å²) in [6.45, 7) is 3.32. The molecular formula is C26H30N2O4. The van der Waals surface area contributed by atoms with Gasteiger partial charge in [0.2, 0.25) is 6.79 Å². The molecule has 1 amide bonds. The second kappa shape index (κ2) is 7.78. The van der Waals surface area contributed by atoms with Gasteiger partial charge in [0.1, 0.15) is 0 Å². The Balaban J connectivity index is 1.04. The molecule has 6 nitrogen and oxygen atoms in total. The fraction of sp³-hybridized carbons (Fsp3) is 0.500. The summed E-state index contributed by atoms with van der Waals surface area (Å²) in [5.74, 6) is 2.47. The molecule has 2 unspecified atom stereocenters. The highest BCUT2D eigenvalue weighted by atomic mass is 16.7. The van der Waals surface area contributed by atoms with Crippen molar-refractivity contribution in [3.8, 4) is 11.5 Å². The van der Waals surface area contributed by atoms with Crippen LogP contribution in [-0.2, 0) is 16.8 Å². The normalized spacial score (nSPS) is 28.0. The van der Waals surface area contributed by atoms with E-state index in [1.165, 1.54) is 5.56 Å². The Labute approximate surface area is 188 Å². The SMILES string of the molecule is O=C(NC1[C@H]2CN(CCc3ccc4c(c3)OCO4)C[C@@H]12)C(O)(c1ccccc1)C1CCC1. The summed E-state index contributed by atoms with van der Waals surface area (Å²) in [5, 5.41) is 14.7. The van der Waals surface area contributed by atoms with Gasteiger partial charge in [-0.3, -0.25) is 4.79 Å². The van der Waals surface area contributed by atoms with E-state index in [1.54, 1.807) is 0 Å². The van der Waals surface area contributed by atoms with E-state index in [0.717, 1.165) is 62.4 Å². The number of aliphatic hydroxyl groups is 1. The largest absolute Gasteiger partial charge is 0.454 e. The van der Waals surface area contributed by atoms with Gasteiger partial charge >= 0.3 is 0 Å². The molecule has 0 radical (unpaired) electrons. The van der Waals surface area contributed by atoms with E-state index < -0.39 is 5.60 Å². The molecule has 2 aromatic carbocycles. The molecular weight excluding hydrogens is 404 g/mol. The Hall–Kier alpha value is -2.57. The van der Waals surface area contributed by atoms with E-state index in [4.69, 9.17) is 9.47 Å². The predicted molar refractivity (Wildman–Crippen MR) is 119 cm³/mol. The van der Waals surface area contributed by atoms with E-state index >= 15 is 0 Å². The van der Waals surface area contributed by atoms with Crippen LogP contribution in [0.25, 0.3) is 0 Å². The maximum atomic E-state index is 13.3. The summed E-state index contributed by atoms with van der Waals surface area (Å²) < 4.78 is 10.9. The lowest BCUT2D eigenvalue weighted by atomic mass is 9.69. The average molecular weight is 435 g/mol. The highest BCUT2D eigenvalue weighted by Gasteiger charge is 2.58. The molecule has 0 spiro atoms. The topological polar surface area (TPSA) is 71.0 Å². The lowest BCUT2D eigenvalue weighted by molar-refractivity contribution is -0.152. The standard InChI is InChI=1S/C26H30N2O4/c29-25(26(30,19-7-4-8-19)18-5-2-1-3-6-18)27-24-20-14-28(15-21(20)24)12-11-17-9-10-22-23(13-17)32-16-31-22/h1-3,5-6,9-10,13,19-21,24,30H,4,7-8,11-12,14-16H2,(H,27,29)/t20-,21+,24?,26?. The minimum absolute atomic E-state index is 0.0155. The van der Waals surface area contributed by atoms with Crippen LogP contribution >= 0.6 is 0 Å². The van der Waals surface area contributed by atoms with Crippen LogP contribution < -0.4 is 14.8 Å². The zero-order valence-electron chi connectivity index (χ0n) is 18.2. The van der Waals surface area contributed by atoms with Gasteiger partial charge in [-0.1, -0.05) is 42.8 Å². The fourth-order valence-electron chi connectivity index (χ4n) is 5.73. The lowest BCUT2D eigenvalue weighted by Gasteiger charge is -2.40. The molecule has 2 aliphatic carbocycles. The van der Waals surface area contributed by atoms with Crippen LogP contribution in [0.3, 0.4) is 0 Å². The summed E-state index contributed by atoms with van der Waals surface area (Å²) in [6, 6.07) is 15.8. The number of carbonyl (C=O) groups excluding carboxylic acids is 1. The zero-order chi connectivity index (χ0) is 21.7. The smallest absolute Gasteiger partial charge is 0.257 e. The third-order valence-electron chi connectivity index (χ3n) is 7.98. The average Bonchev–Trinajstić information content (AvgIpc) is 3.15. The molecule has 6 heteroatoms. The Morgan fingerprint density at radius 2 is 1.81 bits per heavy atom. The minimum atomic E-state index is -1.41. The highest BCUT2D eigenvalue weighted by Crippen LogP contribution is 2.48. The molecule has 2 aliphatic heterocycles. The lowest BCUT2D eigenvalue weighted by Crippen LogP contribution is -2.53. The van der Waals surface area contributed by atoms with Gasteiger partial charge in [-0.25, -0.2) is 0 Å². The number of piperidine rings is 1. The number of fused-ring (bicyclic) bond motifs is 2. The van der Waals surface area contributed by atoms with Gasteiger partial charge < -0.3 is 24.8 Å². The van der Waals surface area contributed by atoms with Crippen LogP contribution in [0.15, 0.2) is 48.5 Å². The molecule has 2 heterocycles. The molecule has 6 rings (SSSR count). The first-order chi connectivity index (χ1) is 15.6. The molecule has 2 saturated carbocycles. The van der Waals surface area contributed by atoms with Gasteiger partial charge in [-0.2, -0.15) is 0 Å². The summed E-state index contributed by atoms with van der Waals surface area (Å²) >= 11 is 0. The molecule has 2 N–H and O–H groups in total. The van der Waals surface area contributed by atoms with E-state index in [-0.39, 0.29) is 17.9 Å². The fourth-order valence-corrected chi connectivity index (χ4v) is 5.73. The van der Waals surface area contributed by atoms with Crippen LogP contribution in [0.1, 0.15) is 30.4 Å². The number of hydrogen-bond acceptors (Lipinski definition) is 5. The molecule has 3 fully saturated rings. The van der Waals surface area contributed by atoms with Crippen LogP contribution in [0.4, 0.5) is 0 Å². The Kier molecular flexibility index (Phi) is 4.88. The number of benzene rings is 2. The summed E-state index contributed by atoms with van der Waals surface area (Å²) in [7, 11) is 0. The Morgan fingerprint density at radius 3 is 2.53 bits per heavy atom. The van der Waals surface area contributed by atoms with Crippen LogP contribution in [-0.4, -0.2) is 48.4 Å². The molecule has 0 aromatic heterocycles. The molecule has 4 aliphatic rings. The van der Waals surface area contributed by atoms with Crippen LogP contribution in [0.5, 0.6) is 11.5 Å². The van der Waals surface area contributed by atoms with Crippen molar-refractivity contribution in [3.63, 3.8) is 0 Å². The maximum absolute atomic E-state index is 13.3. The van der Waals surface area contributed by atoms with Crippen LogP contribution in [0.2, 0.25) is 0 Å². The van der Waals surface area contributed by atoms with E-state index in [1.807, 2.05) is 36.4 Å². The number of rotatable bonds is 7. The van der Waals surface area contributed by atoms with E-state index in [9.17, 15) is 9.90 Å². The second-order valence-corrected chi connectivity index (χ2v) is 9.78. The van der Waals surface area contributed by atoms with Crippen molar-refractivity contribution in [1.29, 1.82) is 0 Å². The Bertz CT molecular complexity index is 996. The van der Waals surface area contributed by atoms with Gasteiger partial charge in [0.25, 0.3) is 5.91 Å². The van der Waals surface area contributed by atoms with Crippen molar-refractivity contribution in [2.75, 3.05) is 26.4 Å². The minimum Gasteiger partial charge on any atom is -0.454 e. The first kappa shape index (κ1) is 20.1. The van der Waals surface area contributed by atoms with Gasteiger partial charge in [0.15, 0.2) is 17.1 Å². The monoisotopic (exact) mass is 434 g/mol. The number of likely N-dealkylation sites (tertiary alicyclic amines) is 1. The number of amides is 1. The molecule has 32 heavy (non-hydrogen) atoms. The number of ether oxygens (including phenoxy) is 2. The number of nitrogens with zero attached hydrogens (tertiary/aromatic N) is 1. The van der Waals surface area contributed by atoms with Gasteiger partial charge in [-0.15, -0.1) is 0 Å². The van der Waals surface area contributed by atoms with Crippen molar-refractivity contribution < 1.29 is 19.4 Å². The third kappa shape index (κ3) is 3.37. The molecule has 2 aromatic rings. The van der Waals surface area contributed by atoms with Crippen molar-refractivity contribution in [3.05, 3.63) is 59.7 Å². The van der Waals surface area contributed by atoms with Crippen molar-refractivity contribution in [1.82, 2.24) is 10.2 Å². The molecule has 0 bridgehead atoms. The van der Waals surface area contributed by atoms with E-state index in [2.05, 4.69) is 22.3 Å². The summed E-state index contributed by atoms with van der Waals surface area (Å²) in [4.78, 5) is 15.8. The first-order valence-corrected chi connectivity index (χ1v) is 11.8. The number of nitrogens with one attached hydrogen (secondary N) is 1. The number of hydrogen-bond donors (Lipinski definition) is 2. The summed E-state index contributed by atoms with van der Waals surface area (Å²) in [6.07, 6.45) is 3.87. The van der Waals surface area contributed by atoms with Crippen molar-refractivity contribution in [2.45, 2.75) is 37.3 Å². The quantitative estimate of drug-likeness (QED) is 0.701. The zero-order valence-corrected chi connectivity index (χ0v) is 18.2. The maximum Gasteiger partial charge on any atom is 0.257 e. The van der Waals surface area contributed by atoms with Gasteiger partial charge in [0.05, 0.1) is 0 Å². The predicted octanol–water partition coefficient (Wildman–Crippen LogP) is 2.69. The van der Waals surface area contributed by atoms with Gasteiger partial charge in [-0.05, 0) is 54.4 Å². The molecule has 1 saturated heterocycles. The number of carbonyl (C=O) groups is 1. The third-order valence-corrected chi connectivity index (χ3v) is 7.98. The molecule has 4 atom stereocenters. The van der Waals surface area contributed by atoms with Crippen molar-refractivity contribution >= 4 is 5.91 Å². The Morgan fingerprint density at radius 1 is 1.06 bits per heavy atom. The van der Waals surface area contributed by atoms with Crippen molar-refractivity contribution in [2.24, 2.45) is 17.8 Å². The van der Waals surface area contributed by atoms with Crippen LogP contribution in [0, 0.1) is 17.8 Å². The summed E-state index contributed by atoms with van der Waals surface area (Å²) in [5.41, 5.74) is 0.571. The van der Waals surface area contributed by atoms with E-state index in [0.29, 0.717) is 18.6 Å².